The van der Waals surface area contributed by atoms with E-state index in [1.54, 1.807) is 6.92 Å². The number of nitrogens with zero attached hydrogens (tertiary/aromatic N) is 4. The number of fused-ring (bicyclic) bond motifs is 1. The minimum atomic E-state index is -0.461. The van der Waals surface area contributed by atoms with E-state index in [1.165, 1.54) is 18.4 Å². The number of thiophene rings is 1. The van der Waals surface area contributed by atoms with Crippen LogP contribution in [0, 0.1) is 13.8 Å². The summed E-state index contributed by atoms with van der Waals surface area (Å²) >= 11 is 1.19. The largest absolute Gasteiger partial charge is 0.459 e. The molecule has 0 amide bonds. The van der Waals surface area contributed by atoms with Crippen LogP contribution in [0.4, 0.5) is 0 Å². The molecule has 3 aromatic rings. The third-order valence-corrected chi connectivity index (χ3v) is 6.57. The van der Waals surface area contributed by atoms with Crippen LogP contribution in [0.5, 0.6) is 0 Å². The van der Waals surface area contributed by atoms with Crippen LogP contribution in [0.2, 0.25) is 0 Å². The number of hydrogen-bond donors (Lipinski definition) is 1. The summed E-state index contributed by atoms with van der Waals surface area (Å²) < 4.78 is 15.4. The van der Waals surface area contributed by atoms with E-state index < -0.39 is 5.97 Å². The van der Waals surface area contributed by atoms with Gasteiger partial charge in [0.2, 0.25) is 5.89 Å². The van der Waals surface area contributed by atoms with Crippen LogP contribution >= 0.6 is 11.3 Å². The second-order valence-corrected chi connectivity index (χ2v) is 8.61. The van der Waals surface area contributed by atoms with Gasteiger partial charge in [-0.1, -0.05) is 5.16 Å². The van der Waals surface area contributed by atoms with Crippen molar-refractivity contribution in [3.05, 3.63) is 38.3 Å². The maximum absolute atomic E-state index is 12.7. The fraction of sp³-hybridized carbons (Fsp3) is 0.550. The van der Waals surface area contributed by atoms with Gasteiger partial charge < -0.3 is 19.0 Å². The molecule has 4 heterocycles. The fourth-order valence-corrected chi connectivity index (χ4v) is 4.86. The highest BCUT2D eigenvalue weighted by Gasteiger charge is 2.26. The monoisotopic (exact) mass is 447 g/mol. The maximum Gasteiger partial charge on any atom is 0.348 e. The molecule has 166 valence electrons. The molecule has 0 atom stereocenters. The first-order valence-corrected chi connectivity index (χ1v) is 11.0. The van der Waals surface area contributed by atoms with E-state index >= 15 is 0 Å². The standard InChI is InChI=1S/C20H25N5O5S/c1-11-15-17(26)22-14(23-19(15)31-16(11)20(27)29-9-8-28-3)10-25-6-4-13(5-7-25)18-21-12(2)24-30-18/h13H,4-10H2,1-3H3,(H,22,23,26). The lowest BCUT2D eigenvalue weighted by Gasteiger charge is -2.29. The lowest BCUT2D eigenvalue weighted by molar-refractivity contribution is 0.0393. The Hall–Kier alpha value is -2.63. The minimum Gasteiger partial charge on any atom is -0.459 e. The van der Waals surface area contributed by atoms with Crippen molar-refractivity contribution in [2.75, 3.05) is 33.4 Å². The molecule has 1 fully saturated rings. The number of carbonyl (C=O) groups excluding carboxylic acids is 1. The molecule has 1 aliphatic rings. The molecule has 1 N–H and O–H groups in total. The maximum atomic E-state index is 12.7. The first-order valence-electron chi connectivity index (χ1n) is 10.2. The Morgan fingerprint density at radius 3 is 2.71 bits per heavy atom. The van der Waals surface area contributed by atoms with Crippen LogP contribution in [-0.4, -0.2) is 64.4 Å². The zero-order chi connectivity index (χ0) is 22.0. The summed E-state index contributed by atoms with van der Waals surface area (Å²) in [4.78, 5) is 40.0. The topological polar surface area (TPSA) is 123 Å². The van der Waals surface area contributed by atoms with E-state index in [1.807, 2.05) is 6.92 Å². The van der Waals surface area contributed by atoms with Crippen LogP contribution in [0.3, 0.4) is 0 Å². The van der Waals surface area contributed by atoms with Crippen molar-refractivity contribution in [1.29, 1.82) is 0 Å². The molecule has 1 aliphatic heterocycles. The van der Waals surface area contributed by atoms with Crippen molar-refractivity contribution in [2.45, 2.75) is 39.2 Å². The molecule has 1 saturated heterocycles. The van der Waals surface area contributed by atoms with E-state index in [0.29, 0.717) is 51.3 Å². The molecule has 0 saturated carbocycles. The Morgan fingerprint density at radius 2 is 2.03 bits per heavy atom. The number of H-pyrrole nitrogens is 1. The zero-order valence-corrected chi connectivity index (χ0v) is 18.6. The predicted octanol–water partition coefficient (Wildman–Crippen LogP) is 2.17. The molecule has 4 rings (SSSR count). The normalized spacial score (nSPS) is 15.6. The zero-order valence-electron chi connectivity index (χ0n) is 17.8. The minimum absolute atomic E-state index is 0.164. The molecular formula is C20H25N5O5S. The van der Waals surface area contributed by atoms with Crippen LogP contribution in [0.25, 0.3) is 10.2 Å². The second kappa shape index (κ2) is 9.25. The van der Waals surface area contributed by atoms with Gasteiger partial charge in [-0.3, -0.25) is 9.69 Å². The van der Waals surface area contributed by atoms with Gasteiger partial charge >= 0.3 is 5.97 Å². The van der Waals surface area contributed by atoms with Crippen LogP contribution < -0.4 is 5.56 Å². The average molecular weight is 448 g/mol. The van der Waals surface area contributed by atoms with Crippen molar-refractivity contribution >= 4 is 27.5 Å². The van der Waals surface area contributed by atoms with E-state index in [-0.39, 0.29) is 18.1 Å². The Labute approximate surface area is 182 Å². The molecule has 3 aromatic heterocycles. The van der Waals surface area contributed by atoms with Crippen molar-refractivity contribution < 1.29 is 18.8 Å². The van der Waals surface area contributed by atoms with Gasteiger partial charge in [0.1, 0.15) is 22.1 Å². The Balaban J connectivity index is 1.45. The number of ether oxygens (including phenoxy) is 2. The number of piperidine rings is 1. The number of nitrogens with one attached hydrogen (secondary N) is 1. The Morgan fingerprint density at radius 1 is 1.26 bits per heavy atom. The molecule has 0 bridgehead atoms. The van der Waals surface area contributed by atoms with Crippen molar-refractivity contribution in [3.8, 4) is 0 Å². The molecule has 0 radical (unpaired) electrons. The number of rotatable bonds is 7. The summed E-state index contributed by atoms with van der Waals surface area (Å²) in [5, 5.41) is 4.31. The number of aromatic amines is 1. The first kappa shape index (κ1) is 21.6. The van der Waals surface area contributed by atoms with Gasteiger partial charge in [0.15, 0.2) is 5.82 Å². The quantitative estimate of drug-likeness (QED) is 0.428. The highest BCUT2D eigenvalue weighted by molar-refractivity contribution is 7.20. The van der Waals surface area contributed by atoms with Gasteiger partial charge in [0, 0.05) is 13.0 Å². The van der Waals surface area contributed by atoms with E-state index in [4.69, 9.17) is 14.0 Å². The summed E-state index contributed by atoms with van der Waals surface area (Å²) in [6.07, 6.45) is 1.81. The number of esters is 1. The van der Waals surface area contributed by atoms with Crippen molar-refractivity contribution in [2.24, 2.45) is 0 Å². The molecular weight excluding hydrogens is 422 g/mol. The third-order valence-electron chi connectivity index (χ3n) is 5.41. The lowest BCUT2D eigenvalue weighted by atomic mass is 9.97. The number of hydrogen-bond acceptors (Lipinski definition) is 10. The van der Waals surface area contributed by atoms with Gasteiger partial charge in [-0.25, -0.2) is 9.78 Å². The SMILES string of the molecule is COCCOC(=O)c1sc2nc(CN3CCC(c4nc(C)no4)CC3)[nH]c(=O)c2c1C. The molecule has 0 aromatic carbocycles. The van der Waals surface area contributed by atoms with Crippen LogP contribution in [0.1, 0.15) is 51.5 Å². The fourth-order valence-electron chi connectivity index (χ4n) is 3.77. The van der Waals surface area contributed by atoms with Gasteiger partial charge in [-0.05, 0) is 45.3 Å². The van der Waals surface area contributed by atoms with Crippen LogP contribution in [-0.2, 0) is 16.0 Å². The average Bonchev–Trinajstić information content (AvgIpc) is 3.32. The molecule has 0 spiro atoms. The van der Waals surface area contributed by atoms with Gasteiger partial charge in [0.05, 0.1) is 18.5 Å². The smallest absolute Gasteiger partial charge is 0.348 e. The number of aromatic nitrogens is 4. The molecule has 10 nitrogen and oxygen atoms in total. The number of carbonyl (C=O) groups is 1. The van der Waals surface area contributed by atoms with E-state index in [0.717, 1.165) is 25.9 Å². The van der Waals surface area contributed by atoms with Crippen molar-refractivity contribution in [1.82, 2.24) is 25.0 Å². The van der Waals surface area contributed by atoms with Crippen molar-refractivity contribution in [3.63, 3.8) is 0 Å². The van der Waals surface area contributed by atoms with E-state index in [2.05, 4.69) is 25.0 Å². The summed E-state index contributed by atoms with van der Waals surface area (Å²) in [5.41, 5.74) is 0.360. The molecule has 0 unspecified atom stereocenters. The second-order valence-electron chi connectivity index (χ2n) is 7.61. The third kappa shape index (κ3) is 4.68. The summed E-state index contributed by atoms with van der Waals surface area (Å²) in [6.45, 7) is 6.26. The number of likely N-dealkylation sites (tertiary alicyclic amines) is 1. The van der Waals surface area contributed by atoms with Crippen LogP contribution in [0.15, 0.2) is 9.32 Å². The molecule has 0 aliphatic carbocycles. The molecule has 11 heteroatoms. The summed E-state index contributed by atoms with van der Waals surface area (Å²) in [5.74, 6) is 1.74. The summed E-state index contributed by atoms with van der Waals surface area (Å²) in [6, 6.07) is 0. The van der Waals surface area contributed by atoms with Gasteiger partial charge in [-0.2, -0.15) is 4.98 Å². The van der Waals surface area contributed by atoms with E-state index in [9.17, 15) is 9.59 Å². The number of methoxy groups -OCH3 is 1. The highest BCUT2D eigenvalue weighted by Crippen LogP contribution is 2.29. The molecule has 31 heavy (non-hydrogen) atoms. The summed E-state index contributed by atoms with van der Waals surface area (Å²) in [7, 11) is 1.54. The lowest BCUT2D eigenvalue weighted by Crippen LogP contribution is -2.33. The highest BCUT2D eigenvalue weighted by atomic mass is 32.1. The Bertz CT molecular complexity index is 1130. The number of aryl methyl sites for hydroxylation is 2. The predicted molar refractivity (Wildman–Crippen MR) is 113 cm³/mol. The first-order chi connectivity index (χ1) is 15.0. The van der Waals surface area contributed by atoms with Gasteiger partial charge in [-0.15, -0.1) is 11.3 Å². The van der Waals surface area contributed by atoms with Gasteiger partial charge in [0.25, 0.3) is 5.56 Å². The Kier molecular flexibility index (Phi) is 6.44.